The van der Waals surface area contributed by atoms with Crippen LogP contribution < -0.4 is 11.1 Å². The third kappa shape index (κ3) is 7.74. The van der Waals surface area contributed by atoms with Crippen LogP contribution in [0.5, 0.6) is 0 Å². The van der Waals surface area contributed by atoms with Gasteiger partial charge in [-0.1, -0.05) is 6.92 Å². The Morgan fingerprint density at radius 2 is 2.23 bits per heavy atom. The van der Waals surface area contributed by atoms with Crippen molar-refractivity contribution in [3.63, 3.8) is 0 Å². The zero-order valence-corrected chi connectivity index (χ0v) is 8.68. The molecule has 0 aliphatic rings. The van der Waals surface area contributed by atoms with E-state index < -0.39 is 0 Å². The van der Waals surface area contributed by atoms with E-state index >= 15 is 0 Å². The maximum atomic E-state index is 11.2. The van der Waals surface area contributed by atoms with Gasteiger partial charge in [-0.25, -0.2) is 0 Å². The molecule has 0 atom stereocenters. The average Bonchev–Trinajstić information content (AvgIpc) is 2.11. The Morgan fingerprint density at radius 1 is 1.54 bits per heavy atom. The number of hydrogen-bond acceptors (Lipinski definition) is 3. The van der Waals surface area contributed by atoms with Crippen molar-refractivity contribution in [2.24, 2.45) is 5.73 Å². The Morgan fingerprint density at radius 3 is 2.77 bits per heavy atom. The molecule has 13 heavy (non-hydrogen) atoms. The van der Waals surface area contributed by atoms with Crippen LogP contribution in [0.4, 0.5) is 0 Å². The Kier molecular flexibility index (Phi) is 7.63. The molecule has 0 aliphatic heterocycles. The van der Waals surface area contributed by atoms with Gasteiger partial charge in [0.05, 0.1) is 6.54 Å². The number of nitrogens with two attached hydrogens (primary N) is 1. The molecule has 1 amide bonds. The van der Waals surface area contributed by atoms with Gasteiger partial charge in [0.2, 0.25) is 5.91 Å². The molecule has 0 aromatic heterocycles. The summed E-state index contributed by atoms with van der Waals surface area (Å²) in [5.41, 5.74) is 5.36. The molecule has 0 aliphatic carbocycles. The first-order valence-electron chi connectivity index (χ1n) is 4.86. The van der Waals surface area contributed by atoms with Crippen LogP contribution in [0.25, 0.3) is 0 Å². The lowest BCUT2D eigenvalue weighted by Gasteiger charge is -2.15. The predicted octanol–water partition coefficient (Wildman–Crippen LogP) is -0.207. The lowest BCUT2D eigenvalue weighted by molar-refractivity contribution is -0.121. The summed E-state index contributed by atoms with van der Waals surface area (Å²) in [7, 11) is 1.93. The van der Waals surface area contributed by atoms with E-state index in [2.05, 4.69) is 5.32 Å². The van der Waals surface area contributed by atoms with Crippen molar-refractivity contribution in [2.75, 3.05) is 33.2 Å². The van der Waals surface area contributed by atoms with Gasteiger partial charge in [0.1, 0.15) is 0 Å². The van der Waals surface area contributed by atoms with Crippen LogP contribution in [-0.4, -0.2) is 44.0 Å². The fraction of sp³-hybridized carbons (Fsp3) is 0.889. The third-order valence-corrected chi connectivity index (χ3v) is 1.73. The van der Waals surface area contributed by atoms with Crippen molar-refractivity contribution in [3.05, 3.63) is 0 Å². The van der Waals surface area contributed by atoms with Crippen LogP contribution in [0.15, 0.2) is 0 Å². The second-order valence-corrected chi connectivity index (χ2v) is 3.23. The van der Waals surface area contributed by atoms with E-state index in [9.17, 15) is 4.79 Å². The predicted molar refractivity (Wildman–Crippen MR) is 54.5 cm³/mol. The normalized spacial score (nSPS) is 10.5. The van der Waals surface area contributed by atoms with Crippen molar-refractivity contribution in [3.8, 4) is 0 Å². The minimum absolute atomic E-state index is 0.0985. The van der Waals surface area contributed by atoms with Gasteiger partial charge in [0, 0.05) is 6.54 Å². The Labute approximate surface area is 80.5 Å². The SMILES string of the molecule is CCCNC(=O)CN(C)CCCN. The lowest BCUT2D eigenvalue weighted by atomic mass is 10.4. The summed E-state index contributed by atoms with van der Waals surface area (Å²) in [4.78, 5) is 13.2. The van der Waals surface area contributed by atoms with E-state index in [1.165, 1.54) is 0 Å². The number of amides is 1. The van der Waals surface area contributed by atoms with Gasteiger partial charge >= 0.3 is 0 Å². The summed E-state index contributed by atoms with van der Waals surface area (Å²) < 4.78 is 0. The molecule has 0 aromatic carbocycles. The maximum Gasteiger partial charge on any atom is 0.234 e. The van der Waals surface area contributed by atoms with E-state index in [-0.39, 0.29) is 5.91 Å². The highest BCUT2D eigenvalue weighted by Crippen LogP contribution is 1.85. The fourth-order valence-electron chi connectivity index (χ4n) is 1.01. The summed E-state index contributed by atoms with van der Waals surface area (Å²) in [6.07, 6.45) is 1.93. The maximum absolute atomic E-state index is 11.2. The zero-order valence-electron chi connectivity index (χ0n) is 8.68. The van der Waals surface area contributed by atoms with Gasteiger partial charge in [-0.05, 0) is 33.0 Å². The van der Waals surface area contributed by atoms with E-state index in [4.69, 9.17) is 5.73 Å². The number of carbonyl (C=O) groups excluding carboxylic acids is 1. The number of nitrogens with zero attached hydrogens (tertiary/aromatic N) is 1. The third-order valence-electron chi connectivity index (χ3n) is 1.73. The highest BCUT2D eigenvalue weighted by molar-refractivity contribution is 5.77. The van der Waals surface area contributed by atoms with Crippen LogP contribution in [0.2, 0.25) is 0 Å². The number of rotatable bonds is 7. The summed E-state index contributed by atoms with van der Waals surface area (Å²) in [6.45, 7) is 4.85. The molecule has 0 unspecified atom stereocenters. The number of nitrogens with one attached hydrogen (secondary N) is 1. The molecule has 0 bridgehead atoms. The average molecular weight is 187 g/mol. The van der Waals surface area contributed by atoms with Crippen LogP contribution >= 0.6 is 0 Å². The van der Waals surface area contributed by atoms with Gasteiger partial charge in [0.15, 0.2) is 0 Å². The highest BCUT2D eigenvalue weighted by atomic mass is 16.1. The summed E-state index contributed by atoms with van der Waals surface area (Å²) in [5.74, 6) is 0.0985. The van der Waals surface area contributed by atoms with Crippen molar-refractivity contribution in [1.29, 1.82) is 0 Å². The molecule has 78 valence electrons. The molecule has 0 spiro atoms. The first-order chi connectivity index (χ1) is 6.20. The molecule has 0 radical (unpaired) electrons. The minimum Gasteiger partial charge on any atom is -0.355 e. The van der Waals surface area contributed by atoms with Crippen LogP contribution in [0.1, 0.15) is 19.8 Å². The minimum atomic E-state index is 0.0985. The number of hydrogen-bond donors (Lipinski definition) is 2. The quantitative estimate of drug-likeness (QED) is 0.580. The van der Waals surface area contributed by atoms with Gasteiger partial charge in [0.25, 0.3) is 0 Å². The van der Waals surface area contributed by atoms with Gasteiger partial charge < -0.3 is 11.1 Å². The first kappa shape index (κ1) is 12.4. The van der Waals surface area contributed by atoms with E-state index in [0.717, 1.165) is 25.9 Å². The van der Waals surface area contributed by atoms with Crippen molar-refractivity contribution in [2.45, 2.75) is 19.8 Å². The molecular formula is C9H21N3O. The van der Waals surface area contributed by atoms with Crippen LogP contribution in [0, 0.1) is 0 Å². The summed E-state index contributed by atoms with van der Waals surface area (Å²) in [5, 5.41) is 2.83. The molecule has 0 aromatic rings. The smallest absolute Gasteiger partial charge is 0.234 e. The van der Waals surface area contributed by atoms with Crippen molar-refractivity contribution in [1.82, 2.24) is 10.2 Å². The van der Waals surface area contributed by atoms with Gasteiger partial charge in [-0.15, -0.1) is 0 Å². The topological polar surface area (TPSA) is 58.4 Å². The summed E-state index contributed by atoms with van der Waals surface area (Å²) in [6, 6.07) is 0. The standard InChI is InChI=1S/C9H21N3O/c1-3-6-11-9(13)8-12(2)7-4-5-10/h3-8,10H2,1-2H3,(H,11,13). The van der Waals surface area contributed by atoms with E-state index in [1.807, 2.05) is 18.9 Å². The van der Waals surface area contributed by atoms with Crippen molar-refractivity contribution >= 4 is 5.91 Å². The van der Waals surface area contributed by atoms with Crippen LogP contribution in [-0.2, 0) is 4.79 Å². The molecule has 0 saturated heterocycles. The van der Waals surface area contributed by atoms with Gasteiger partial charge in [-0.2, -0.15) is 0 Å². The molecule has 0 heterocycles. The molecule has 4 heteroatoms. The largest absolute Gasteiger partial charge is 0.355 e. The zero-order chi connectivity index (χ0) is 10.1. The molecule has 0 saturated carbocycles. The molecule has 3 N–H and O–H groups in total. The monoisotopic (exact) mass is 187 g/mol. The molecule has 4 nitrogen and oxygen atoms in total. The Balaban J connectivity index is 3.41. The Hall–Kier alpha value is -0.610. The second kappa shape index (κ2) is 8.01. The lowest BCUT2D eigenvalue weighted by Crippen LogP contribution is -2.36. The second-order valence-electron chi connectivity index (χ2n) is 3.23. The van der Waals surface area contributed by atoms with E-state index in [0.29, 0.717) is 13.1 Å². The summed E-state index contributed by atoms with van der Waals surface area (Å²) >= 11 is 0. The van der Waals surface area contributed by atoms with Crippen molar-refractivity contribution < 1.29 is 4.79 Å². The Bertz CT molecular complexity index is 139. The number of likely N-dealkylation sites (N-methyl/N-ethyl adjacent to an activating group) is 1. The molecule has 0 rings (SSSR count). The number of carbonyl (C=O) groups is 1. The molecule has 0 fully saturated rings. The fourth-order valence-corrected chi connectivity index (χ4v) is 1.01. The van der Waals surface area contributed by atoms with E-state index in [1.54, 1.807) is 0 Å². The first-order valence-corrected chi connectivity index (χ1v) is 4.86. The molecular weight excluding hydrogens is 166 g/mol. The highest BCUT2D eigenvalue weighted by Gasteiger charge is 2.03. The van der Waals surface area contributed by atoms with Gasteiger partial charge in [-0.3, -0.25) is 9.69 Å². The van der Waals surface area contributed by atoms with Crippen LogP contribution in [0.3, 0.4) is 0 Å².